The lowest BCUT2D eigenvalue weighted by Crippen LogP contribution is -2.27. The lowest BCUT2D eigenvalue weighted by atomic mass is 10.1. The van der Waals surface area contributed by atoms with Crippen molar-refractivity contribution in [1.29, 1.82) is 0 Å². The van der Waals surface area contributed by atoms with E-state index in [2.05, 4.69) is 5.48 Å². The first kappa shape index (κ1) is 40.7. The van der Waals surface area contributed by atoms with Crippen molar-refractivity contribution in [3.8, 4) is 45.4 Å². The largest absolute Gasteiger partial charge is 0.508 e. The zero-order valence-corrected chi connectivity index (χ0v) is 33.0. The summed E-state index contributed by atoms with van der Waals surface area (Å²) in [4.78, 5) is 56.6. The zero-order chi connectivity index (χ0) is 41.8. The van der Waals surface area contributed by atoms with Crippen LogP contribution >= 0.6 is 11.6 Å². The van der Waals surface area contributed by atoms with Gasteiger partial charge in [0.25, 0.3) is 5.91 Å². The van der Waals surface area contributed by atoms with Crippen LogP contribution in [0, 0.1) is 13.8 Å². The molecule has 0 radical (unpaired) electrons. The molecule has 0 spiro atoms. The molecule has 0 aliphatic carbocycles. The van der Waals surface area contributed by atoms with Gasteiger partial charge in [0.2, 0.25) is 5.91 Å². The average Bonchev–Trinajstić information content (AvgIpc) is 3.79. The van der Waals surface area contributed by atoms with Crippen LogP contribution in [-0.2, 0) is 22.4 Å². The van der Waals surface area contributed by atoms with E-state index in [0.29, 0.717) is 38.8 Å². The number of carbonyl (C=O) groups excluding carboxylic acids is 2. The molecule has 0 saturated heterocycles. The average molecular weight is 804 g/mol. The second-order valence-electron chi connectivity index (χ2n) is 14.0. The number of primary amides is 1. The molecule has 0 fully saturated rings. The monoisotopic (exact) mass is 803 g/mol. The predicted molar refractivity (Wildman–Crippen MR) is 221 cm³/mol. The summed E-state index contributed by atoms with van der Waals surface area (Å²) in [6.07, 6.45) is 0.246. The number of nitrogens with zero attached hydrogens (tertiary/aromatic N) is 3. The van der Waals surface area contributed by atoms with Gasteiger partial charge in [-0.2, -0.15) is 5.48 Å². The van der Waals surface area contributed by atoms with Gasteiger partial charge in [0.05, 0.1) is 24.2 Å². The Balaban J connectivity index is 1.33. The van der Waals surface area contributed by atoms with Crippen LogP contribution < -0.4 is 21.0 Å². The molecule has 0 unspecified atom stereocenters. The number of halogens is 1. The van der Waals surface area contributed by atoms with Gasteiger partial charge in [0.15, 0.2) is 5.75 Å². The van der Waals surface area contributed by atoms with E-state index in [1.807, 2.05) is 59.3 Å². The first-order chi connectivity index (χ1) is 27.6. The Morgan fingerprint density at radius 1 is 0.707 bits per heavy atom. The first-order valence-corrected chi connectivity index (χ1v) is 18.6. The molecule has 4 aromatic carbocycles. The summed E-state index contributed by atoms with van der Waals surface area (Å²) < 4.78 is 3.84. The molecule has 14 heteroatoms. The third kappa shape index (κ3) is 8.69. The maximum atomic E-state index is 13.7. The van der Waals surface area contributed by atoms with E-state index in [9.17, 15) is 34.5 Å². The van der Waals surface area contributed by atoms with Gasteiger partial charge in [0, 0.05) is 75.9 Å². The van der Waals surface area contributed by atoms with Gasteiger partial charge < -0.3 is 39.9 Å². The molecule has 0 bridgehead atoms. The van der Waals surface area contributed by atoms with Gasteiger partial charge in [-0.1, -0.05) is 11.6 Å². The minimum Gasteiger partial charge on any atom is -0.508 e. The summed E-state index contributed by atoms with van der Waals surface area (Å²) in [5.74, 6) is -3.08. The number of nitrogens with two attached hydrogens (primary N) is 1. The lowest BCUT2D eigenvalue weighted by Gasteiger charge is -2.21. The normalized spacial score (nSPS) is 11.0. The lowest BCUT2D eigenvalue weighted by molar-refractivity contribution is -0.138. The fourth-order valence-electron chi connectivity index (χ4n) is 6.97. The van der Waals surface area contributed by atoms with Gasteiger partial charge in [-0.3, -0.25) is 19.2 Å². The molecule has 13 nitrogen and oxygen atoms in total. The Kier molecular flexibility index (Phi) is 11.9. The molecule has 58 heavy (non-hydrogen) atoms. The van der Waals surface area contributed by atoms with E-state index < -0.39 is 23.8 Å². The molecular formula is C44H42ClN5O8. The summed E-state index contributed by atoms with van der Waals surface area (Å²) >= 11 is 6.36. The number of phenols is 1. The number of phenolic OH excluding ortho intramolecular Hbond substituents is 1. The molecule has 6 N–H and O–H groups in total. The van der Waals surface area contributed by atoms with Crippen LogP contribution in [0.1, 0.15) is 56.1 Å². The quantitative estimate of drug-likeness (QED) is 0.0655. The Morgan fingerprint density at radius 3 is 1.78 bits per heavy atom. The number of carboxylic acid groups (broad SMARTS) is 2. The van der Waals surface area contributed by atoms with Crippen molar-refractivity contribution in [3.05, 3.63) is 136 Å². The van der Waals surface area contributed by atoms with Gasteiger partial charge in [0.1, 0.15) is 5.75 Å². The number of aromatic hydroxyl groups is 1. The smallest absolute Gasteiger partial charge is 0.303 e. The number of hydrogen-bond donors (Lipinski definition) is 5. The highest BCUT2D eigenvalue weighted by molar-refractivity contribution is 6.31. The Labute approximate surface area is 339 Å². The maximum absolute atomic E-state index is 13.7. The Bertz CT molecular complexity index is 2570. The molecule has 6 rings (SSSR count). The molecule has 0 aliphatic rings. The van der Waals surface area contributed by atoms with E-state index >= 15 is 0 Å². The molecule has 2 heterocycles. The van der Waals surface area contributed by atoms with Crippen LogP contribution in [0.15, 0.2) is 97.1 Å². The van der Waals surface area contributed by atoms with E-state index in [1.165, 1.54) is 12.1 Å². The first-order valence-electron chi connectivity index (χ1n) is 18.3. The number of hydroxylamine groups is 1. The second-order valence-corrected chi connectivity index (χ2v) is 14.5. The van der Waals surface area contributed by atoms with E-state index in [1.54, 1.807) is 67.6 Å². The molecule has 6 aromatic rings. The predicted octanol–water partition coefficient (Wildman–Crippen LogP) is 7.50. The number of anilines is 1. The fraction of sp³-hybridized carbons (Fsp3) is 0.182. The number of benzene rings is 4. The van der Waals surface area contributed by atoms with E-state index in [0.717, 1.165) is 33.9 Å². The van der Waals surface area contributed by atoms with Crippen LogP contribution in [-0.4, -0.2) is 62.3 Å². The van der Waals surface area contributed by atoms with Gasteiger partial charge in [-0.05, 0) is 129 Å². The number of hydrogen-bond acceptors (Lipinski definition) is 7. The second kappa shape index (κ2) is 17.0. The Morgan fingerprint density at radius 2 is 1.24 bits per heavy atom. The van der Waals surface area contributed by atoms with Crippen LogP contribution in [0.4, 0.5) is 5.69 Å². The highest BCUT2D eigenvalue weighted by Gasteiger charge is 2.22. The van der Waals surface area contributed by atoms with Crippen molar-refractivity contribution in [2.45, 2.75) is 39.5 Å². The molecule has 0 aliphatic heterocycles. The maximum Gasteiger partial charge on any atom is 0.303 e. The van der Waals surface area contributed by atoms with Crippen LogP contribution in [0.5, 0.6) is 11.5 Å². The van der Waals surface area contributed by atoms with Crippen molar-refractivity contribution in [2.75, 3.05) is 19.0 Å². The molecule has 298 valence electrons. The molecule has 2 amide bonds. The van der Waals surface area contributed by atoms with Crippen molar-refractivity contribution in [1.82, 2.24) is 14.6 Å². The number of carboxylic acids is 2. The van der Waals surface area contributed by atoms with Crippen LogP contribution in [0.2, 0.25) is 5.02 Å². The standard InChI is InChI=1S/C44H42ClN5O8/c1-25-21-27(43(46)56)5-15-35(25)50-31(11-20-42(54)55)9-18-38(50)34-14-12-32(51)24-40(34)58-47-44(57)28-6-16-36(26(2)22-28)49-30(10-19-41(52)53)8-17-37(49)33-13-7-29(45)23-39(33)48(3)4/h5-9,12-18,21-24,51H,10-11,19-20H2,1-4H3,(H2,46,56)(H,47,57)(H,52,53)(H,54,55). The molecule has 2 aromatic heterocycles. The highest BCUT2D eigenvalue weighted by Crippen LogP contribution is 2.38. The molecular weight excluding hydrogens is 762 g/mol. The number of aliphatic carboxylic acids is 2. The summed E-state index contributed by atoms with van der Waals surface area (Å²) in [5, 5.41) is 30.0. The number of aryl methyl sites for hydroxylation is 4. The summed E-state index contributed by atoms with van der Waals surface area (Å²) in [7, 11) is 3.83. The minimum absolute atomic E-state index is 0.0753. The number of nitrogens with one attached hydrogen (secondary N) is 1. The number of rotatable bonds is 15. The van der Waals surface area contributed by atoms with Crippen molar-refractivity contribution in [2.24, 2.45) is 5.73 Å². The van der Waals surface area contributed by atoms with Crippen molar-refractivity contribution >= 4 is 41.0 Å². The van der Waals surface area contributed by atoms with Crippen LogP contribution in [0.25, 0.3) is 33.9 Å². The highest BCUT2D eigenvalue weighted by atomic mass is 35.5. The Hall–Kier alpha value is -6.99. The van der Waals surface area contributed by atoms with Crippen molar-refractivity contribution in [3.63, 3.8) is 0 Å². The zero-order valence-electron chi connectivity index (χ0n) is 32.2. The van der Waals surface area contributed by atoms with Gasteiger partial charge >= 0.3 is 11.9 Å². The topological polar surface area (TPSA) is 189 Å². The molecule has 0 saturated carbocycles. The van der Waals surface area contributed by atoms with E-state index in [-0.39, 0.29) is 42.7 Å². The number of carbonyl (C=O) groups is 4. The minimum atomic E-state index is -0.970. The van der Waals surface area contributed by atoms with Gasteiger partial charge in [-0.15, -0.1) is 0 Å². The third-order valence-electron chi connectivity index (χ3n) is 9.75. The van der Waals surface area contributed by atoms with Crippen LogP contribution in [0.3, 0.4) is 0 Å². The SMILES string of the molecule is Cc1cc(C(N)=O)ccc1-n1c(CCC(=O)O)ccc1-c1ccc(O)cc1ONC(=O)c1ccc(-n2c(CCC(=O)O)ccc2-c2ccc(Cl)cc2N(C)C)c(C)c1. The van der Waals surface area contributed by atoms with Gasteiger partial charge in [-0.25, -0.2) is 0 Å². The third-order valence-corrected chi connectivity index (χ3v) is 9.98. The number of aromatic nitrogens is 2. The summed E-state index contributed by atoms with van der Waals surface area (Å²) in [5.41, 5.74) is 16.5. The molecule has 0 atom stereocenters. The van der Waals surface area contributed by atoms with Crippen molar-refractivity contribution < 1.29 is 39.3 Å². The summed E-state index contributed by atoms with van der Waals surface area (Å²) in [6.45, 7) is 3.66. The summed E-state index contributed by atoms with van der Waals surface area (Å²) in [6, 6.07) is 27.5. The van der Waals surface area contributed by atoms with E-state index in [4.69, 9.17) is 22.2 Å². The number of amides is 2. The fourth-order valence-corrected chi connectivity index (χ4v) is 7.14.